The molecule has 0 bridgehead atoms. The standard InChI is InChI=1S/C14H25N3O2/c1-12(18)16-8-5-9-17(11-10-16)14(19)13-6-3-2-4-7-15-13/h13,15H,2-11H2,1H3. The Morgan fingerprint density at radius 3 is 2.47 bits per heavy atom. The molecule has 2 aliphatic heterocycles. The van der Waals surface area contributed by atoms with E-state index in [0.29, 0.717) is 13.1 Å². The fourth-order valence-corrected chi connectivity index (χ4v) is 2.91. The van der Waals surface area contributed by atoms with Crippen LogP contribution < -0.4 is 5.32 Å². The summed E-state index contributed by atoms with van der Waals surface area (Å²) in [7, 11) is 0. The van der Waals surface area contributed by atoms with Gasteiger partial charge in [0.25, 0.3) is 0 Å². The zero-order valence-corrected chi connectivity index (χ0v) is 11.9. The van der Waals surface area contributed by atoms with E-state index in [9.17, 15) is 9.59 Å². The molecule has 0 aliphatic carbocycles. The van der Waals surface area contributed by atoms with E-state index in [1.807, 2.05) is 9.80 Å². The molecule has 0 aromatic carbocycles. The van der Waals surface area contributed by atoms with Gasteiger partial charge in [-0.15, -0.1) is 0 Å². The summed E-state index contributed by atoms with van der Waals surface area (Å²) < 4.78 is 0. The Balaban J connectivity index is 1.89. The lowest BCUT2D eigenvalue weighted by Crippen LogP contribution is -2.47. The molecule has 5 nitrogen and oxygen atoms in total. The van der Waals surface area contributed by atoms with Crippen LogP contribution in [0.4, 0.5) is 0 Å². The third-order valence-corrected chi connectivity index (χ3v) is 4.11. The lowest BCUT2D eigenvalue weighted by atomic mass is 10.1. The Labute approximate surface area is 115 Å². The molecule has 0 spiro atoms. The highest BCUT2D eigenvalue weighted by Gasteiger charge is 2.26. The molecular formula is C14H25N3O2. The number of rotatable bonds is 1. The summed E-state index contributed by atoms with van der Waals surface area (Å²) in [5.74, 6) is 0.342. The smallest absolute Gasteiger partial charge is 0.239 e. The Hall–Kier alpha value is -1.10. The van der Waals surface area contributed by atoms with Gasteiger partial charge in [0.2, 0.25) is 11.8 Å². The summed E-state index contributed by atoms with van der Waals surface area (Å²) in [6, 6.07) is -0.00798. The minimum Gasteiger partial charge on any atom is -0.341 e. The lowest BCUT2D eigenvalue weighted by Gasteiger charge is -2.26. The van der Waals surface area contributed by atoms with Crippen LogP contribution in [-0.2, 0) is 9.59 Å². The lowest BCUT2D eigenvalue weighted by molar-refractivity contribution is -0.134. The summed E-state index contributed by atoms with van der Waals surface area (Å²) in [5.41, 5.74) is 0. The SMILES string of the molecule is CC(=O)N1CCCN(C(=O)C2CCCCCN2)CC1. The molecule has 0 saturated carbocycles. The van der Waals surface area contributed by atoms with Gasteiger partial charge in [0, 0.05) is 33.1 Å². The minimum absolute atomic E-state index is 0.00798. The maximum absolute atomic E-state index is 12.5. The van der Waals surface area contributed by atoms with Crippen molar-refractivity contribution in [2.24, 2.45) is 0 Å². The van der Waals surface area contributed by atoms with Gasteiger partial charge >= 0.3 is 0 Å². The van der Waals surface area contributed by atoms with Crippen LogP contribution in [0.1, 0.15) is 39.0 Å². The molecular weight excluding hydrogens is 242 g/mol. The van der Waals surface area contributed by atoms with Crippen molar-refractivity contribution < 1.29 is 9.59 Å². The second-order valence-electron chi connectivity index (χ2n) is 5.54. The van der Waals surface area contributed by atoms with E-state index in [-0.39, 0.29) is 17.9 Å². The highest BCUT2D eigenvalue weighted by molar-refractivity contribution is 5.82. The normalized spacial score (nSPS) is 25.6. The molecule has 0 aromatic heterocycles. The quantitative estimate of drug-likeness (QED) is 0.757. The summed E-state index contributed by atoms with van der Waals surface area (Å²) in [5, 5.41) is 3.36. The third-order valence-electron chi connectivity index (χ3n) is 4.11. The Kier molecular flexibility index (Phi) is 5.19. The number of nitrogens with zero attached hydrogens (tertiary/aromatic N) is 2. The second-order valence-corrected chi connectivity index (χ2v) is 5.54. The summed E-state index contributed by atoms with van der Waals surface area (Å²) in [6.07, 6.45) is 5.36. The first-order valence-corrected chi connectivity index (χ1v) is 7.46. The van der Waals surface area contributed by atoms with Gasteiger partial charge in [-0.2, -0.15) is 0 Å². The summed E-state index contributed by atoms with van der Waals surface area (Å²) in [4.78, 5) is 27.7. The van der Waals surface area contributed by atoms with Gasteiger partial charge < -0.3 is 15.1 Å². The van der Waals surface area contributed by atoms with E-state index in [1.165, 1.54) is 12.8 Å². The van der Waals surface area contributed by atoms with Crippen molar-refractivity contribution in [1.82, 2.24) is 15.1 Å². The number of amides is 2. The monoisotopic (exact) mass is 267 g/mol. The first-order valence-electron chi connectivity index (χ1n) is 7.46. The second kappa shape index (κ2) is 6.89. The molecule has 2 heterocycles. The third kappa shape index (κ3) is 3.93. The summed E-state index contributed by atoms with van der Waals surface area (Å²) >= 11 is 0. The van der Waals surface area contributed by atoms with Crippen LogP contribution in [0.3, 0.4) is 0 Å². The predicted octanol–water partition coefficient (Wildman–Crippen LogP) is 0.599. The average Bonchev–Trinajstić information content (AvgIpc) is 2.80. The van der Waals surface area contributed by atoms with Gasteiger partial charge in [-0.3, -0.25) is 9.59 Å². The van der Waals surface area contributed by atoms with E-state index in [2.05, 4.69) is 5.32 Å². The van der Waals surface area contributed by atoms with Crippen LogP contribution in [0.2, 0.25) is 0 Å². The molecule has 0 radical (unpaired) electrons. The van der Waals surface area contributed by atoms with Gasteiger partial charge in [-0.1, -0.05) is 12.8 Å². The van der Waals surface area contributed by atoms with Crippen molar-refractivity contribution in [2.75, 3.05) is 32.7 Å². The Bertz CT molecular complexity index is 325. The van der Waals surface area contributed by atoms with Crippen molar-refractivity contribution >= 4 is 11.8 Å². The molecule has 1 N–H and O–H groups in total. The van der Waals surface area contributed by atoms with Gasteiger partial charge in [0.1, 0.15) is 0 Å². The van der Waals surface area contributed by atoms with Crippen molar-refractivity contribution in [3.63, 3.8) is 0 Å². The number of carbonyl (C=O) groups excluding carboxylic acids is 2. The molecule has 2 amide bonds. The van der Waals surface area contributed by atoms with Crippen molar-refractivity contribution in [3.05, 3.63) is 0 Å². The predicted molar refractivity (Wildman–Crippen MR) is 73.7 cm³/mol. The van der Waals surface area contributed by atoms with Crippen molar-refractivity contribution in [1.29, 1.82) is 0 Å². The first-order chi connectivity index (χ1) is 9.18. The topological polar surface area (TPSA) is 52.7 Å². The van der Waals surface area contributed by atoms with Crippen LogP contribution >= 0.6 is 0 Å². The molecule has 1 unspecified atom stereocenters. The highest BCUT2D eigenvalue weighted by Crippen LogP contribution is 2.12. The van der Waals surface area contributed by atoms with Gasteiger partial charge in [0.05, 0.1) is 6.04 Å². The molecule has 108 valence electrons. The van der Waals surface area contributed by atoms with Crippen LogP contribution in [0, 0.1) is 0 Å². The van der Waals surface area contributed by atoms with E-state index < -0.39 is 0 Å². The number of hydrogen-bond donors (Lipinski definition) is 1. The van der Waals surface area contributed by atoms with Crippen molar-refractivity contribution in [2.45, 2.75) is 45.1 Å². The largest absolute Gasteiger partial charge is 0.341 e. The fraction of sp³-hybridized carbons (Fsp3) is 0.857. The van der Waals surface area contributed by atoms with Crippen molar-refractivity contribution in [3.8, 4) is 0 Å². The number of hydrogen-bond acceptors (Lipinski definition) is 3. The zero-order chi connectivity index (χ0) is 13.7. The number of nitrogens with one attached hydrogen (secondary N) is 1. The molecule has 0 aromatic rings. The molecule has 5 heteroatoms. The average molecular weight is 267 g/mol. The van der Waals surface area contributed by atoms with Crippen LogP contribution in [0.15, 0.2) is 0 Å². The molecule has 1 atom stereocenters. The van der Waals surface area contributed by atoms with E-state index in [0.717, 1.165) is 38.9 Å². The van der Waals surface area contributed by atoms with Gasteiger partial charge in [-0.25, -0.2) is 0 Å². The summed E-state index contributed by atoms with van der Waals surface area (Å²) in [6.45, 7) is 5.45. The fourth-order valence-electron chi connectivity index (χ4n) is 2.91. The highest BCUT2D eigenvalue weighted by atomic mass is 16.2. The Morgan fingerprint density at radius 2 is 1.68 bits per heavy atom. The first kappa shape index (κ1) is 14.3. The van der Waals surface area contributed by atoms with E-state index >= 15 is 0 Å². The molecule has 2 aliphatic rings. The maximum atomic E-state index is 12.5. The van der Waals surface area contributed by atoms with E-state index in [4.69, 9.17) is 0 Å². The molecule has 2 saturated heterocycles. The Morgan fingerprint density at radius 1 is 0.947 bits per heavy atom. The molecule has 2 fully saturated rings. The van der Waals surface area contributed by atoms with Crippen LogP contribution in [-0.4, -0.2) is 60.4 Å². The maximum Gasteiger partial charge on any atom is 0.239 e. The van der Waals surface area contributed by atoms with Gasteiger partial charge in [0.15, 0.2) is 0 Å². The number of carbonyl (C=O) groups is 2. The molecule has 2 rings (SSSR count). The van der Waals surface area contributed by atoms with E-state index in [1.54, 1.807) is 6.92 Å². The van der Waals surface area contributed by atoms with Gasteiger partial charge in [-0.05, 0) is 25.8 Å². The zero-order valence-electron chi connectivity index (χ0n) is 11.9. The van der Waals surface area contributed by atoms with Crippen LogP contribution in [0.25, 0.3) is 0 Å². The molecule has 19 heavy (non-hydrogen) atoms. The minimum atomic E-state index is -0.00798. The van der Waals surface area contributed by atoms with Crippen LogP contribution in [0.5, 0.6) is 0 Å².